The number of esters is 3. The first-order valence-corrected chi connectivity index (χ1v) is 30.0. The summed E-state index contributed by atoms with van der Waals surface area (Å²) < 4.78 is 39.5. The van der Waals surface area contributed by atoms with Crippen molar-refractivity contribution in [3.05, 3.63) is 48.6 Å². The first-order chi connectivity index (χ1) is 34.2. The number of carbonyl (C=O) groups is 3. The van der Waals surface area contributed by atoms with E-state index in [1.807, 2.05) is 0 Å². The largest absolute Gasteiger partial charge is 0.472 e. The number of hydrogen-bond acceptors (Lipinski definition) is 10. The summed E-state index contributed by atoms with van der Waals surface area (Å²) in [5.41, 5.74) is 0. The van der Waals surface area contributed by atoms with Crippen LogP contribution in [0.3, 0.4) is 0 Å². The van der Waals surface area contributed by atoms with Crippen LogP contribution in [0, 0.1) is 0 Å². The van der Waals surface area contributed by atoms with Gasteiger partial charge in [0, 0.05) is 19.3 Å². The number of phosphoric acid groups is 1. The third-order valence-electron chi connectivity index (χ3n) is 12.2. The predicted octanol–water partition coefficient (Wildman–Crippen LogP) is 16.6. The Kier molecular flexibility index (Phi) is 50.8. The van der Waals surface area contributed by atoms with E-state index >= 15 is 0 Å². The Balaban J connectivity index is 4.70. The summed E-state index contributed by atoms with van der Waals surface area (Å²) in [6.07, 6.45) is 54.9. The molecule has 11 nitrogen and oxygen atoms in total. The van der Waals surface area contributed by atoms with Gasteiger partial charge in [-0.25, -0.2) is 4.57 Å². The van der Waals surface area contributed by atoms with Crippen LogP contribution in [0.2, 0.25) is 0 Å². The molecule has 0 aliphatic heterocycles. The van der Waals surface area contributed by atoms with Crippen molar-refractivity contribution in [1.29, 1.82) is 0 Å². The van der Waals surface area contributed by atoms with Gasteiger partial charge in [0.2, 0.25) is 0 Å². The molecule has 0 spiro atoms. The molecule has 0 amide bonds. The van der Waals surface area contributed by atoms with Crippen LogP contribution in [0.5, 0.6) is 0 Å². The van der Waals surface area contributed by atoms with Crippen molar-refractivity contribution in [1.82, 2.24) is 0 Å². The maximum Gasteiger partial charge on any atom is 0.472 e. The van der Waals surface area contributed by atoms with E-state index in [1.54, 1.807) is 0 Å². The SMILES string of the molecule is CCCCC/C=C\C/C=C\CCCCCCCCCC(=O)OC(COC(=O)CCCCCCCCCCCCC)COP(=O)(O)OCC(CO)OC(=O)CCCCCCC/C=C\C/C=C\CCCCC. The van der Waals surface area contributed by atoms with E-state index in [2.05, 4.69) is 69.4 Å². The molecular weight excluding hydrogens is 904 g/mol. The van der Waals surface area contributed by atoms with Gasteiger partial charge < -0.3 is 24.2 Å². The van der Waals surface area contributed by atoms with Crippen LogP contribution in [0.4, 0.5) is 0 Å². The highest BCUT2D eigenvalue weighted by atomic mass is 31.2. The zero-order chi connectivity index (χ0) is 51.3. The number of unbranched alkanes of at least 4 members (excludes halogenated alkanes) is 28. The Morgan fingerprint density at radius 3 is 1.09 bits per heavy atom. The van der Waals surface area contributed by atoms with E-state index in [-0.39, 0.29) is 25.9 Å². The molecule has 0 heterocycles. The highest BCUT2D eigenvalue weighted by molar-refractivity contribution is 7.47. The molecule has 408 valence electrons. The summed E-state index contributed by atoms with van der Waals surface area (Å²) >= 11 is 0. The van der Waals surface area contributed by atoms with Crippen LogP contribution in [-0.2, 0) is 42.2 Å². The molecule has 0 aromatic heterocycles. The molecule has 0 aromatic rings. The maximum atomic E-state index is 12.9. The average Bonchev–Trinajstić information content (AvgIpc) is 3.35. The molecule has 0 radical (unpaired) electrons. The monoisotopic (exact) mass is 1010 g/mol. The van der Waals surface area contributed by atoms with E-state index < -0.39 is 57.8 Å². The smallest absolute Gasteiger partial charge is 0.462 e. The zero-order valence-electron chi connectivity index (χ0n) is 45.0. The predicted molar refractivity (Wildman–Crippen MR) is 289 cm³/mol. The highest BCUT2D eigenvalue weighted by Gasteiger charge is 2.28. The number of carbonyl (C=O) groups excluding carboxylic acids is 3. The zero-order valence-corrected chi connectivity index (χ0v) is 45.9. The van der Waals surface area contributed by atoms with Gasteiger partial charge in [0.05, 0.1) is 19.8 Å². The molecule has 3 unspecified atom stereocenters. The van der Waals surface area contributed by atoms with Gasteiger partial charge >= 0.3 is 25.7 Å². The van der Waals surface area contributed by atoms with Crippen molar-refractivity contribution in [3.8, 4) is 0 Å². The molecule has 0 aliphatic rings. The quantitative estimate of drug-likeness (QED) is 0.0197. The minimum absolute atomic E-state index is 0.160. The molecule has 0 aromatic carbocycles. The minimum atomic E-state index is -4.75. The number of allylic oxidation sites excluding steroid dienone is 8. The third-order valence-corrected chi connectivity index (χ3v) is 13.2. The Bertz CT molecular complexity index is 1360. The molecular formula is C58H105O11P. The van der Waals surface area contributed by atoms with Gasteiger partial charge in [-0.3, -0.25) is 23.4 Å². The van der Waals surface area contributed by atoms with Crippen LogP contribution in [0.25, 0.3) is 0 Å². The second-order valence-electron chi connectivity index (χ2n) is 19.1. The summed E-state index contributed by atoms with van der Waals surface area (Å²) in [4.78, 5) is 48.4. The molecule has 70 heavy (non-hydrogen) atoms. The summed E-state index contributed by atoms with van der Waals surface area (Å²) in [6.45, 7) is 4.58. The molecule has 12 heteroatoms. The van der Waals surface area contributed by atoms with E-state index in [1.165, 1.54) is 103 Å². The fourth-order valence-corrected chi connectivity index (χ4v) is 8.61. The Hall–Kier alpha value is -2.56. The van der Waals surface area contributed by atoms with Crippen LogP contribution in [0.15, 0.2) is 48.6 Å². The number of aliphatic hydroxyl groups is 1. The van der Waals surface area contributed by atoms with Crippen LogP contribution in [-0.4, -0.2) is 66.5 Å². The number of phosphoric ester groups is 1. The first kappa shape index (κ1) is 67.4. The Morgan fingerprint density at radius 2 is 0.700 bits per heavy atom. The second-order valence-corrected chi connectivity index (χ2v) is 20.6. The second kappa shape index (κ2) is 52.8. The van der Waals surface area contributed by atoms with Crippen LogP contribution >= 0.6 is 7.82 Å². The summed E-state index contributed by atoms with van der Waals surface area (Å²) in [5.74, 6) is -1.48. The number of ether oxygens (including phenoxy) is 3. The van der Waals surface area contributed by atoms with E-state index in [4.69, 9.17) is 23.3 Å². The molecule has 0 saturated carbocycles. The molecule has 0 saturated heterocycles. The van der Waals surface area contributed by atoms with E-state index in [0.29, 0.717) is 19.3 Å². The maximum absolute atomic E-state index is 12.9. The Morgan fingerprint density at radius 1 is 0.400 bits per heavy atom. The van der Waals surface area contributed by atoms with E-state index in [0.717, 1.165) is 103 Å². The van der Waals surface area contributed by atoms with Gasteiger partial charge in [0.1, 0.15) is 12.7 Å². The fraction of sp³-hybridized carbons (Fsp3) is 0.810. The minimum Gasteiger partial charge on any atom is -0.462 e. The van der Waals surface area contributed by atoms with Gasteiger partial charge in [0.25, 0.3) is 0 Å². The van der Waals surface area contributed by atoms with Crippen molar-refractivity contribution in [2.75, 3.05) is 26.4 Å². The standard InChI is InChI=1S/C58H105O11P/c1-4-7-10-13-16-19-22-24-26-27-29-31-34-37-40-43-46-49-58(62)69-55(51-65-56(60)47-44-41-38-35-32-21-18-15-12-9-6-3)53-67-70(63,64)66-52-54(50-59)68-57(61)48-45-42-39-36-33-30-28-25-23-20-17-14-11-8-5-2/h16-17,19-20,24-26,28,54-55,59H,4-15,18,21-23,27,29-53H2,1-3H3,(H,63,64)/b19-16-,20-17-,26-24-,28-25-. The van der Waals surface area contributed by atoms with Crippen LogP contribution < -0.4 is 0 Å². The lowest BCUT2D eigenvalue weighted by atomic mass is 10.1. The molecule has 0 bridgehead atoms. The van der Waals surface area contributed by atoms with Crippen LogP contribution in [0.1, 0.15) is 265 Å². The van der Waals surface area contributed by atoms with Gasteiger partial charge in [-0.15, -0.1) is 0 Å². The lowest BCUT2D eigenvalue weighted by molar-refractivity contribution is -0.161. The lowest BCUT2D eigenvalue weighted by Gasteiger charge is -2.21. The number of rotatable bonds is 53. The van der Waals surface area contributed by atoms with E-state index in [9.17, 15) is 28.9 Å². The molecule has 3 atom stereocenters. The summed E-state index contributed by atoms with van der Waals surface area (Å²) in [5, 5.41) is 9.80. The van der Waals surface area contributed by atoms with Crippen molar-refractivity contribution >= 4 is 25.7 Å². The van der Waals surface area contributed by atoms with Gasteiger partial charge in [0.15, 0.2) is 6.10 Å². The first-order valence-electron chi connectivity index (χ1n) is 28.5. The molecule has 0 fully saturated rings. The number of aliphatic hydroxyl groups excluding tert-OH is 1. The Labute approximate surface area is 428 Å². The average molecular weight is 1010 g/mol. The van der Waals surface area contributed by atoms with Gasteiger partial charge in [-0.1, -0.05) is 211 Å². The van der Waals surface area contributed by atoms with Gasteiger partial charge in [-0.05, 0) is 83.5 Å². The van der Waals surface area contributed by atoms with Crippen molar-refractivity contribution in [3.63, 3.8) is 0 Å². The highest BCUT2D eigenvalue weighted by Crippen LogP contribution is 2.43. The van der Waals surface area contributed by atoms with Crippen molar-refractivity contribution in [2.24, 2.45) is 0 Å². The van der Waals surface area contributed by atoms with Gasteiger partial charge in [-0.2, -0.15) is 0 Å². The molecule has 0 rings (SSSR count). The van der Waals surface area contributed by atoms with Crippen molar-refractivity contribution in [2.45, 2.75) is 277 Å². The molecule has 2 N–H and O–H groups in total. The summed E-state index contributed by atoms with van der Waals surface area (Å²) in [6, 6.07) is 0. The number of hydrogen-bond donors (Lipinski definition) is 2. The topological polar surface area (TPSA) is 155 Å². The fourth-order valence-electron chi connectivity index (χ4n) is 7.83. The lowest BCUT2D eigenvalue weighted by Crippen LogP contribution is -2.30. The van der Waals surface area contributed by atoms with Crippen molar-refractivity contribution < 1.29 is 52.2 Å². The summed E-state index contributed by atoms with van der Waals surface area (Å²) in [7, 11) is -4.75. The normalized spacial score (nSPS) is 13.7. The third kappa shape index (κ3) is 50.4. The molecule has 0 aliphatic carbocycles.